The molecule has 90 valence electrons. The van der Waals surface area contributed by atoms with Gasteiger partial charge in [-0.05, 0) is 49.3 Å². The van der Waals surface area contributed by atoms with E-state index in [2.05, 4.69) is 59.0 Å². The van der Waals surface area contributed by atoms with Gasteiger partial charge in [0.1, 0.15) is 5.82 Å². The van der Waals surface area contributed by atoms with E-state index in [4.69, 9.17) is 12.2 Å². The van der Waals surface area contributed by atoms with Crippen molar-refractivity contribution in [3.8, 4) is 5.69 Å². The highest BCUT2D eigenvalue weighted by Gasteiger charge is 2.12. The van der Waals surface area contributed by atoms with Crippen LogP contribution < -0.4 is 0 Å². The molecule has 0 bridgehead atoms. The van der Waals surface area contributed by atoms with Crippen molar-refractivity contribution in [2.45, 2.75) is 27.2 Å². The SMILES string of the molecule is CCc1n[nH]c(=S)n1-c1c(C)cc(Br)cc1C. The molecule has 1 N–H and O–H groups in total. The Bertz CT molecular complexity index is 589. The van der Waals surface area contributed by atoms with Crippen LogP contribution in [0.5, 0.6) is 0 Å². The monoisotopic (exact) mass is 311 g/mol. The molecule has 0 radical (unpaired) electrons. The molecular weight excluding hydrogens is 298 g/mol. The third-order valence-electron chi connectivity index (χ3n) is 2.74. The molecular formula is C12H14BrN3S. The van der Waals surface area contributed by atoms with Crippen molar-refractivity contribution < 1.29 is 0 Å². The molecule has 0 aliphatic rings. The third-order valence-corrected chi connectivity index (χ3v) is 3.47. The van der Waals surface area contributed by atoms with Gasteiger partial charge in [0.15, 0.2) is 4.77 Å². The number of rotatable bonds is 2. The summed E-state index contributed by atoms with van der Waals surface area (Å²) in [5.41, 5.74) is 3.50. The molecule has 2 aromatic rings. The minimum Gasteiger partial charge on any atom is -0.272 e. The number of aryl methyl sites for hydroxylation is 3. The van der Waals surface area contributed by atoms with E-state index >= 15 is 0 Å². The van der Waals surface area contributed by atoms with Crippen molar-refractivity contribution in [2.75, 3.05) is 0 Å². The highest BCUT2D eigenvalue weighted by molar-refractivity contribution is 9.10. The first-order valence-electron chi connectivity index (χ1n) is 5.48. The van der Waals surface area contributed by atoms with Gasteiger partial charge in [0.25, 0.3) is 0 Å². The minimum absolute atomic E-state index is 0.648. The molecule has 0 saturated heterocycles. The number of hydrogen-bond donors (Lipinski definition) is 1. The predicted octanol–water partition coefficient (Wildman–Crippen LogP) is 3.87. The normalized spacial score (nSPS) is 10.8. The number of benzene rings is 1. The van der Waals surface area contributed by atoms with Gasteiger partial charge in [-0.15, -0.1) is 0 Å². The van der Waals surface area contributed by atoms with E-state index < -0.39 is 0 Å². The van der Waals surface area contributed by atoms with Gasteiger partial charge in [0, 0.05) is 10.9 Å². The Kier molecular flexibility index (Phi) is 3.49. The Labute approximate surface area is 114 Å². The number of aromatic amines is 1. The van der Waals surface area contributed by atoms with Crippen molar-refractivity contribution in [3.63, 3.8) is 0 Å². The Balaban J connectivity index is 2.77. The predicted molar refractivity (Wildman–Crippen MR) is 75.3 cm³/mol. The van der Waals surface area contributed by atoms with Crippen LogP contribution in [0.2, 0.25) is 0 Å². The average Bonchev–Trinajstić information content (AvgIpc) is 2.59. The van der Waals surface area contributed by atoms with Gasteiger partial charge >= 0.3 is 0 Å². The molecule has 3 nitrogen and oxygen atoms in total. The first-order valence-corrected chi connectivity index (χ1v) is 6.68. The summed E-state index contributed by atoms with van der Waals surface area (Å²) >= 11 is 8.81. The van der Waals surface area contributed by atoms with Crippen LogP contribution in [0.25, 0.3) is 5.69 Å². The molecule has 0 unspecified atom stereocenters. The molecule has 0 aliphatic carbocycles. The van der Waals surface area contributed by atoms with Gasteiger partial charge in [0.05, 0.1) is 5.69 Å². The standard InChI is InChI=1S/C12H14BrN3S/c1-4-10-14-15-12(17)16(10)11-7(2)5-9(13)6-8(11)3/h5-6H,4H2,1-3H3,(H,15,17). The third kappa shape index (κ3) is 2.21. The minimum atomic E-state index is 0.648. The summed E-state index contributed by atoms with van der Waals surface area (Å²) < 4.78 is 3.76. The first kappa shape index (κ1) is 12.5. The van der Waals surface area contributed by atoms with Crippen LogP contribution in [0, 0.1) is 18.6 Å². The van der Waals surface area contributed by atoms with E-state index in [0.717, 1.165) is 22.4 Å². The summed E-state index contributed by atoms with van der Waals surface area (Å²) in [4.78, 5) is 0. The van der Waals surface area contributed by atoms with Crippen molar-refractivity contribution in [1.29, 1.82) is 0 Å². The van der Waals surface area contributed by atoms with E-state index in [9.17, 15) is 0 Å². The first-order chi connectivity index (χ1) is 8.04. The summed E-state index contributed by atoms with van der Waals surface area (Å²) in [6, 6.07) is 4.19. The zero-order valence-corrected chi connectivity index (χ0v) is 12.4. The number of hydrogen-bond acceptors (Lipinski definition) is 2. The highest BCUT2D eigenvalue weighted by Crippen LogP contribution is 2.25. The Morgan fingerprint density at radius 2 is 1.94 bits per heavy atom. The fourth-order valence-electron chi connectivity index (χ4n) is 2.05. The maximum Gasteiger partial charge on any atom is 0.199 e. The van der Waals surface area contributed by atoms with E-state index in [1.807, 2.05) is 4.57 Å². The maximum absolute atomic E-state index is 5.31. The van der Waals surface area contributed by atoms with Crippen LogP contribution in [0.1, 0.15) is 23.9 Å². The van der Waals surface area contributed by atoms with Gasteiger partial charge in [-0.2, -0.15) is 5.10 Å². The van der Waals surface area contributed by atoms with Crippen LogP contribution in [0.15, 0.2) is 16.6 Å². The van der Waals surface area contributed by atoms with E-state index in [1.54, 1.807) is 0 Å². The number of aromatic nitrogens is 3. The zero-order chi connectivity index (χ0) is 12.6. The largest absolute Gasteiger partial charge is 0.272 e. The summed E-state index contributed by atoms with van der Waals surface area (Å²) in [6.45, 7) is 6.24. The van der Waals surface area contributed by atoms with Crippen LogP contribution >= 0.6 is 28.1 Å². The van der Waals surface area contributed by atoms with Gasteiger partial charge in [-0.3, -0.25) is 9.67 Å². The van der Waals surface area contributed by atoms with Gasteiger partial charge in [-0.25, -0.2) is 0 Å². The lowest BCUT2D eigenvalue weighted by Crippen LogP contribution is -2.04. The van der Waals surface area contributed by atoms with Crippen LogP contribution in [-0.2, 0) is 6.42 Å². The molecule has 0 aliphatic heterocycles. The lowest BCUT2D eigenvalue weighted by molar-refractivity contribution is 0.870. The summed E-state index contributed by atoms with van der Waals surface area (Å²) in [6.07, 6.45) is 0.849. The van der Waals surface area contributed by atoms with Crippen molar-refractivity contribution >= 4 is 28.1 Å². The summed E-state index contributed by atoms with van der Waals surface area (Å²) in [5.74, 6) is 0.962. The molecule has 17 heavy (non-hydrogen) atoms. The fraction of sp³-hybridized carbons (Fsp3) is 0.333. The van der Waals surface area contributed by atoms with E-state index in [1.165, 1.54) is 11.1 Å². The summed E-state index contributed by atoms with van der Waals surface area (Å²) in [7, 11) is 0. The molecule has 0 fully saturated rings. The smallest absolute Gasteiger partial charge is 0.199 e. The lowest BCUT2D eigenvalue weighted by atomic mass is 10.1. The average molecular weight is 312 g/mol. The second-order valence-electron chi connectivity index (χ2n) is 4.02. The number of nitrogens with zero attached hydrogens (tertiary/aromatic N) is 2. The van der Waals surface area contributed by atoms with E-state index in [-0.39, 0.29) is 0 Å². The lowest BCUT2D eigenvalue weighted by Gasteiger charge is -2.13. The van der Waals surface area contributed by atoms with Crippen molar-refractivity contribution in [2.24, 2.45) is 0 Å². The highest BCUT2D eigenvalue weighted by atomic mass is 79.9. The second-order valence-corrected chi connectivity index (χ2v) is 5.32. The molecule has 0 atom stereocenters. The zero-order valence-electron chi connectivity index (χ0n) is 10.0. The number of H-pyrrole nitrogens is 1. The van der Waals surface area contributed by atoms with Gasteiger partial charge in [-0.1, -0.05) is 22.9 Å². The molecule has 0 saturated carbocycles. The topological polar surface area (TPSA) is 33.6 Å². The molecule has 1 aromatic heterocycles. The fourth-order valence-corrected chi connectivity index (χ4v) is 2.98. The van der Waals surface area contributed by atoms with Crippen molar-refractivity contribution in [3.05, 3.63) is 38.3 Å². The molecule has 1 aromatic carbocycles. The van der Waals surface area contributed by atoms with Crippen LogP contribution in [0.3, 0.4) is 0 Å². The number of halogens is 1. The quantitative estimate of drug-likeness (QED) is 0.854. The maximum atomic E-state index is 5.31. The summed E-state index contributed by atoms with van der Waals surface area (Å²) in [5, 5.41) is 7.11. The van der Waals surface area contributed by atoms with Crippen LogP contribution in [-0.4, -0.2) is 14.8 Å². The molecule has 0 amide bonds. The second kappa shape index (κ2) is 4.74. The Hall–Kier alpha value is -0.940. The van der Waals surface area contributed by atoms with Gasteiger partial charge in [0.2, 0.25) is 0 Å². The molecule has 0 spiro atoms. The molecule has 5 heteroatoms. The van der Waals surface area contributed by atoms with Crippen LogP contribution in [0.4, 0.5) is 0 Å². The van der Waals surface area contributed by atoms with E-state index in [0.29, 0.717) is 4.77 Å². The molecule has 1 heterocycles. The molecule has 2 rings (SSSR count). The number of nitrogens with one attached hydrogen (secondary N) is 1. The Morgan fingerprint density at radius 3 is 2.47 bits per heavy atom. The van der Waals surface area contributed by atoms with Crippen molar-refractivity contribution in [1.82, 2.24) is 14.8 Å². The Morgan fingerprint density at radius 1 is 1.35 bits per heavy atom. The van der Waals surface area contributed by atoms with Gasteiger partial charge < -0.3 is 0 Å².